The number of rotatable bonds is 3. The predicted molar refractivity (Wildman–Crippen MR) is 50.0 cm³/mol. The van der Waals surface area contributed by atoms with Gasteiger partial charge in [0.15, 0.2) is 0 Å². The highest BCUT2D eigenvalue weighted by molar-refractivity contribution is 5.85. The van der Waals surface area contributed by atoms with Crippen LogP contribution in [0.15, 0.2) is 24.5 Å². The Balaban J connectivity index is 0.000000980. The van der Waals surface area contributed by atoms with Crippen molar-refractivity contribution < 1.29 is 13.5 Å². The van der Waals surface area contributed by atoms with E-state index in [0.29, 0.717) is 5.75 Å². The number of hydrogen-bond acceptors (Lipinski definition) is 2. The van der Waals surface area contributed by atoms with Gasteiger partial charge in [0.05, 0.1) is 18.7 Å². The van der Waals surface area contributed by atoms with Crippen LogP contribution in [0.3, 0.4) is 0 Å². The lowest BCUT2D eigenvalue weighted by molar-refractivity contribution is 0.0855. The molecule has 1 fully saturated rings. The Morgan fingerprint density at radius 3 is 2.79 bits per heavy atom. The number of nitrogens with zero attached hydrogens (tertiary/aromatic N) is 1. The molecule has 1 heterocycles. The predicted octanol–water partition coefficient (Wildman–Crippen LogP) is 2.54. The molecule has 5 heteroatoms. The van der Waals surface area contributed by atoms with Crippen molar-refractivity contribution in [2.45, 2.75) is 12.3 Å². The molecule has 2 nitrogen and oxygen atoms in total. The summed E-state index contributed by atoms with van der Waals surface area (Å²) in [4.78, 5) is 3.81. The maximum absolute atomic E-state index is 12.4. The van der Waals surface area contributed by atoms with E-state index in [4.69, 9.17) is 4.74 Å². The minimum atomic E-state index is -2.50. The molecule has 1 aromatic rings. The molecule has 0 amide bonds. The number of ether oxygens (including phenoxy) is 1. The van der Waals surface area contributed by atoms with Crippen molar-refractivity contribution in [1.82, 2.24) is 4.98 Å². The average molecular weight is 222 g/mol. The van der Waals surface area contributed by atoms with Gasteiger partial charge in [0.1, 0.15) is 5.75 Å². The maximum Gasteiger partial charge on any atom is 0.255 e. The zero-order chi connectivity index (χ0) is 9.31. The molecule has 0 aliphatic heterocycles. The van der Waals surface area contributed by atoms with Gasteiger partial charge in [-0.05, 0) is 12.1 Å². The molecular weight excluding hydrogens is 212 g/mol. The summed E-state index contributed by atoms with van der Waals surface area (Å²) >= 11 is 0. The molecule has 1 aliphatic carbocycles. The van der Waals surface area contributed by atoms with E-state index in [-0.39, 0.29) is 25.4 Å². The lowest BCUT2D eigenvalue weighted by Crippen LogP contribution is -2.05. The van der Waals surface area contributed by atoms with Crippen molar-refractivity contribution in [3.63, 3.8) is 0 Å². The molecule has 1 saturated carbocycles. The zero-order valence-electron chi connectivity index (χ0n) is 7.32. The Morgan fingerprint density at radius 1 is 1.57 bits per heavy atom. The summed E-state index contributed by atoms with van der Waals surface area (Å²) in [6.45, 7) is 0.0820. The second-order valence-electron chi connectivity index (χ2n) is 3.16. The standard InChI is InChI=1S/C9H9F2NO.ClH/c10-9(11)4-7(9)6-13-8-2-1-3-12-5-8;/h1-3,5,7H,4,6H2;1H. The first-order valence-corrected chi connectivity index (χ1v) is 4.09. The lowest BCUT2D eigenvalue weighted by Gasteiger charge is -2.03. The van der Waals surface area contributed by atoms with Crippen LogP contribution in [-0.2, 0) is 0 Å². The van der Waals surface area contributed by atoms with Crippen LogP contribution < -0.4 is 4.74 Å². The molecular formula is C9H10ClF2NO. The first-order chi connectivity index (χ1) is 6.18. The van der Waals surface area contributed by atoms with Crippen LogP contribution >= 0.6 is 12.4 Å². The van der Waals surface area contributed by atoms with Gasteiger partial charge >= 0.3 is 0 Å². The normalized spacial score (nSPS) is 22.3. The van der Waals surface area contributed by atoms with Gasteiger partial charge in [0, 0.05) is 12.6 Å². The minimum absolute atomic E-state index is 0. The maximum atomic E-state index is 12.4. The van der Waals surface area contributed by atoms with Gasteiger partial charge in [-0.3, -0.25) is 4.98 Å². The fraction of sp³-hybridized carbons (Fsp3) is 0.444. The van der Waals surface area contributed by atoms with E-state index < -0.39 is 11.8 Å². The van der Waals surface area contributed by atoms with E-state index in [0.717, 1.165) is 0 Å². The molecule has 0 bridgehead atoms. The van der Waals surface area contributed by atoms with Gasteiger partial charge in [-0.2, -0.15) is 0 Å². The lowest BCUT2D eigenvalue weighted by atomic mass is 10.4. The average Bonchev–Trinajstić information content (AvgIpc) is 2.73. The fourth-order valence-corrected chi connectivity index (χ4v) is 1.08. The van der Waals surface area contributed by atoms with Gasteiger partial charge in [-0.25, -0.2) is 8.78 Å². The first kappa shape index (κ1) is 11.2. The fourth-order valence-electron chi connectivity index (χ4n) is 1.08. The largest absolute Gasteiger partial charge is 0.491 e. The molecule has 0 radical (unpaired) electrons. The molecule has 1 unspecified atom stereocenters. The molecule has 78 valence electrons. The molecule has 0 saturated heterocycles. The van der Waals surface area contributed by atoms with Gasteiger partial charge in [-0.15, -0.1) is 12.4 Å². The Morgan fingerprint density at radius 2 is 2.29 bits per heavy atom. The summed E-state index contributed by atoms with van der Waals surface area (Å²) in [5.41, 5.74) is 0. The number of aromatic nitrogens is 1. The highest BCUT2D eigenvalue weighted by atomic mass is 35.5. The van der Waals surface area contributed by atoms with Crippen LogP contribution in [0.25, 0.3) is 0 Å². The van der Waals surface area contributed by atoms with Crippen molar-refractivity contribution in [3.05, 3.63) is 24.5 Å². The van der Waals surface area contributed by atoms with Crippen molar-refractivity contribution in [3.8, 4) is 5.75 Å². The minimum Gasteiger partial charge on any atom is -0.491 e. The second kappa shape index (κ2) is 4.09. The van der Waals surface area contributed by atoms with E-state index in [1.54, 1.807) is 18.3 Å². The molecule has 1 aromatic heterocycles. The highest BCUT2D eigenvalue weighted by Crippen LogP contribution is 2.48. The number of hydrogen-bond donors (Lipinski definition) is 0. The van der Waals surface area contributed by atoms with Crippen molar-refractivity contribution >= 4 is 12.4 Å². The third kappa shape index (κ3) is 2.54. The van der Waals surface area contributed by atoms with Crippen LogP contribution in [0, 0.1) is 5.92 Å². The molecule has 0 aromatic carbocycles. The van der Waals surface area contributed by atoms with Crippen LogP contribution in [0.1, 0.15) is 6.42 Å². The number of halogens is 3. The Bertz CT molecular complexity index is 294. The van der Waals surface area contributed by atoms with Gasteiger partial charge < -0.3 is 4.74 Å². The van der Waals surface area contributed by atoms with Crippen molar-refractivity contribution in [1.29, 1.82) is 0 Å². The zero-order valence-corrected chi connectivity index (χ0v) is 8.14. The molecule has 14 heavy (non-hydrogen) atoms. The number of alkyl halides is 2. The summed E-state index contributed by atoms with van der Waals surface area (Å²) in [5, 5.41) is 0. The van der Waals surface area contributed by atoms with E-state index in [1.165, 1.54) is 6.20 Å². The Hall–Kier alpha value is -0.900. The molecule has 0 spiro atoms. The summed E-state index contributed by atoms with van der Waals surface area (Å²) in [7, 11) is 0. The Labute approximate surface area is 86.7 Å². The third-order valence-electron chi connectivity index (χ3n) is 2.04. The SMILES string of the molecule is Cl.FC1(F)CC1COc1cccnc1. The monoisotopic (exact) mass is 221 g/mol. The van der Waals surface area contributed by atoms with Crippen LogP contribution in [-0.4, -0.2) is 17.5 Å². The Kier molecular flexibility index (Phi) is 3.26. The topological polar surface area (TPSA) is 22.1 Å². The summed E-state index contributed by atoms with van der Waals surface area (Å²) < 4.78 is 29.9. The first-order valence-electron chi connectivity index (χ1n) is 4.09. The van der Waals surface area contributed by atoms with E-state index >= 15 is 0 Å². The van der Waals surface area contributed by atoms with Crippen LogP contribution in [0.4, 0.5) is 8.78 Å². The summed E-state index contributed by atoms with van der Waals surface area (Å²) in [6.07, 6.45) is 3.08. The van der Waals surface area contributed by atoms with Gasteiger partial charge in [-0.1, -0.05) is 0 Å². The molecule has 2 rings (SSSR count). The smallest absolute Gasteiger partial charge is 0.255 e. The third-order valence-corrected chi connectivity index (χ3v) is 2.04. The summed E-state index contributed by atoms with van der Waals surface area (Å²) in [6, 6.07) is 3.41. The van der Waals surface area contributed by atoms with Crippen molar-refractivity contribution in [2.24, 2.45) is 5.92 Å². The highest BCUT2D eigenvalue weighted by Gasteiger charge is 2.57. The summed E-state index contributed by atoms with van der Waals surface area (Å²) in [5.74, 6) is -2.56. The van der Waals surface area contributed by atoms with E-state index in [1.807, 2.05) is 0 Å². The molecule has 1 atom stereocenters. The van der Waals surface area contributed by atoms with E-state index in [9.17, 15) is 8.78 Å². The molecule has 0 N–H and O–H groups in total. The second-order valence-corrected chi connectivity index (χ2v) is 3.16. The van der Waals surface area contributed by atoms with Gasteiger partial charge in [0.25, 0.3) is 5.92 Å². The van der Waals surface area contributed by atoms with Crippen molar-refractivity contribution in [2.75, 3.05) is 6.61 Å². The van der Waals surface area contributed by atoms with E-state index in [2.05, 4.69) is 4.98 Å². The number of pyridine rings is 1. The van der Waals surface area contributed by atoms with Crippen LogP contribution in [0.2, 0.25) is 0 Å². The van der Waals surface area contributed by atoms with Crippen LogP contribution in [0.5, 0.6) is 5.75 Å². The molecule has 1 aliphatic rings. The van der Waals surface area contributed by atoms with Gasteiger partial charge in [0.2, 0.25) is 0 Å². The quantitative estimate of drug-likeness (QED) is 0.783.